The summed E-state index contributed by atoms with van der Waals surface area (Å²) in [4.78, 5) is 95.8. The lowest BCUT2D eigenvalue weighted by Crippen LogP contribution is -2.46. The molecule has 0 aliphatic carbocycles. The molecule has 0 spiro atoms. The summed E-state index contributed by atoms with van der Waals surface area (Å²) in [6.07, 6.45) is -7.86. The summed E-state index contributed by atoms with van der Waals surface area (Å²) in [5, 5.41) is 42.6. The zero-order valence-electron chi connectivity index (χ0n) is 31.6. The number of carbonyl (C=O) groups is 4. The van der Waals surface area contributed by atoms with Gasteiger partial charge in [-0.25, -0.2) is 28.6 Å². The van der Waals surface area contributed by atoms with Gasteiger partial charge in [0.25, 0.3) is 0 Å². The molecule has 0 saturated carbocycles. The molecular formula is C27H47N8O20P3S. The van der Waals surface area contributed by atoms with Gasteiger partial charge in [0.2, 0.25) is 11.8 Å². The van der Waals surface area contributed by atoms with Crippen molar-refractivity contribution in [2.45, 2.75) is 76.9 Å². The number of anilines is 1. The number of rotatable bonds is 21. The third kappa shape index (κ3) is 17.1. The summed E-state index contributed by atoms with van der Waals surface area (Å²) in [5.41, 5.74) is 9.17. The van der Waals surface area contributed by atoms with E-state index in [0.29, 0.717) is 5.75 Å². The fraction of sp³-hybridized carbons (Fsp3) is 0.667. The van der Waals surface area contributed by atoms with Crippen molar-refractivity contribution in [1.29, 1.82) is 0 Å². The first kappa shape index (κ1) is 52.1. The Morgan fingerprint density at radius 2 is 1.66 bits per heavy atom. The highest BCUT2D eigenvalue weighted by Gasteiger charge is 2.50. The molecular weight excluding hydrogens is 881 g/mol. The van der Waals surface area contributed by atoms with Gasteiger partial charge in [-0.15, -0.1) is 0 Å². The normalized spacial score (nSPS) is 21.9. The molecule has 1 fully saturated rings. The third-order valence-electron chi connectivity index (χ3n) is 7.61. The maximum Gasteiger partial charge on any atom is 0.481 e. The maximum absolute atomic E-state index is 12.6. The molecule has 3 rings (SSSR count). The number of nitrogen functional groups attached to an aromatic ring is 1. The van der Waals surface area contributed by atoms with Crippen molar-refractivity contribution in [3.63, 3.8) is 0 Å². The lowest BCUT2D eigenvalue weighted by atomic mass is 9.87. The number of nitrogens with two attached hydrogens (primary N) is 2. The number of imidazole rings is 1. The van der Waals surface area contributed by atoms with Crippen LogP contribution in [-0.2, 0) is 55.5 Å². The van der Waals surface area contributed by atoms with Crippen LogP contribution in [0.2, 0.25) is 0 Å². The molecule has 0 bridgehead atoms. The highest BCUT2D eigenvalue weighted by molar-refractivity contribution is 8.13. The highest BCUT2D eigenvalue weighted by atomic mass is 32.2. The molecule has 2 aromatic rings. The Hall–Kier alpha value is -3.05. The van der Waals surface area contributed by atoms with Gasteiger partial charge in [0.1, 0.15) is 42.3 Å². The smallest absolute Gasteiger partial charge is 0.480 e. The van der Waals surface area contributed by atoms with Gasteiger partial charge in [0, 0.05) is 37.6 Å². The summed E-state index contributed by atoms with van der Waals surface area (Å²) in [6.45, 7) is 3.23. The Morgan fingerprint density at radius 3 is 2.22 bits per heavy atom. The Labute approximate surface area is 338 Å². The van der Waals surface area contributed by atoms with Gasteiger partial charge in [-0.3, -0.25) is 37.3 Å². The van der Waals surface area contributed by atoms with Crippen LogP contribution in [0.5, 0.6) is 0 Å². The van der Waals surface area contributed by atoms with Gasteiger partial charge in [-0.2, -0.15) is 4.31 Å². The molecule has 3 heterocycles. The van der Waals surface area contributed by atoms with Crippen LogP contribution >= 0.6 is 35.2 Å². The predicted octanol–water partition coefficient (Wildman–Crippen LogP) is -2.54. The summed E-state index contributed by atoms with van der Waals surface area (Å²) in [5.74, 6) is -2.27. The van der Waals surface area contributed by atoms with Gasteiger partial charge in [-0.05, 0) is 6.92 Å². The minimum atomic E-state index is -5.56. The van der Waals surface area contributed by atoms with E-state index in [1.54, 1.807) is 0 Å². The molecule has 0 radical (unpaired) electrons. The van der Waals surface area contributed by atoms with Crippen LogP contribution in [0.4, 0.5) is 5.82 Å². The van der Waals surface area contributed by atoms with E-state index in [1.165, 1.54) is 27.7 Å². The second-order valence-electron chi connectivity index (χ2n) is 13.0. The van der Waals surface area contributed by atoms with Crippen molar-refractivity contribution in [1.82, 2.24) is 30.2 Å². The van der Waals surface area contributed by atoms with Crippen LogP contribution in [0.25, 0.3) is 11.2 Å². The number of aliphatic hydroxyl groups is 3. The van der Waals surface area contributed by atoms with Crippen molar-refractivity contribution in [2.75, 3.05) is 37.8 Å². The number of aliphatic carboxylic acids is 1. The minimum Gasteiger partial charge on any atom is -0.480 e. The monoisotopic (exact) mass is 928 g/mol. The number of aromatic nitrogens is 4. The van der Waals surface area contributed by atoms with E-state index in [1.807, 2.05) is 0 Å². The van der Waals surface area contributed by atoms with Crippen molar-refractivity contribution >= 4 is 75.1 Å². The molecule has 14 N–H and O–H groups in total. The summed E-state index contributed by atoms with van der Waals surface area (Å²) >= 11 is 1.03. The van der Waals surface area contributed by atoms with Crippen molar-refractivity contribution in [3.05, 3.63) is 12.7 Å². The second kappa shape index (κ2) is 22.2. The Balaban J connectivity index is 0.00000135. The molecule has 1 saturated heterocycles. The molecule has 2 aromatic heterocycles. The Morgan fingerprint density at radius 1 is 1.03 bits per heavy atom. The van der Waals surface area contributed by atoms with E-state index in [4.69, 9.17) is 35.5 Å². The van der Waals surface area contributed by atoms with Crippen LogP contribution in [-0.4, -0.2) is 151 Å². The fourth-order valence-electron chi connectivity index (χ4n) is 4.53. The van der Waals surface area contributed by atoms with Gasteiger partial charge in [0.15, 0.2) is 22.8 Å². The van der Waals surface area contributed by atoms with E-state index in [9.17, 15) is 62.7 Å². The largest absolute Gasteiger partial charge is 0.481 e. The molecule has 1 aliphatic rings. The quantitative estimate of drug-likeness (QED) is 0.0453. The maximum atomic E-state index is 12.6. The summed E-state index contributed by atoms with van der Waals surface area (Å²) in [7, 11) is -16.4. The first-order chi connectivity index (χ1) is 27.1. The van der Waals surface area contributed by atoms with E-state index in [0.717, 1.165) is 29.0 Å². The molecule has 59 heavy (non-hydrogen) atoms. The van der Waals surface area contributed by atoms with Gasteiger partial charge in [0.05, 0.1) is 25.6 Å². The SMILES string of the molecule is CC(=O)SCCNC(=O)CCNC(=O)C(O)C(C)(C)COP(=O)(O)OP(=O)(O)OC[C@H]1O[C@@H](n2cnc3c(N)ncnc32)[C@H](O)[C@@H]1OP(=O)(O)O.C[C@@H](O)[C@H](N)C(=O)O. The van der Waals surface area contributed by atoms with Crippen LogP contribution in [0, 0.1) is 5.41 Å². The van der Waals surface area contributed by atoms with Crippen LogP contribution in [0.1, 0.15) is 40.3 Å². The number of thioether (sulfide) groups is 1. The highest BCUT2D eigenvalue weighted by Crippen LogP contribution is 2.61. The minimum absolute atomic E-state index is 0.0310. The molecule has 1 aliphatic heterocycles. The number of carbonyl (C=O) groups excluding carboxylic acids is 3. The first-order valence-electron chi connectivity index (χ1n) is 16.8. The van der Waals surface area contributed by atoms with Crippen molar-refractivity contribution in [2.24, 2.45) is 11.1 Å². The molecule has 2 amide bonds. The fourth-order valence-corrected chi connectivity index (χ4v) is 7.85. The molecule has 32 heteroatoms. The molecule has 3 unspecified atom stereocenters. The lowest BCUT2D eigenvalue weighted by molar-refractivity contribution is -0.141. The Bertz CT molecular complexity index is 1920. The van der Waals surface area contributed by atoms with Crippen LogP contribution in [0.15, 0.2) is 12.7 Å². The van der Waals surface area contributed by atoms with Gasteiger partial charge >= 0.3 is 29.4 Å². The van der Waals surface area contributed by atoms with Crippen molar-refractivity contribution in [3.8, 4) is 0 Å². The van der Waals surface area contributed by atoms with E-state index >= 15 is 0 Å². The number of hydrogen-bond acceptors (Lipinski definition) is 21. The third-order valence-corrected chi connectivity index (χ3v) is 11.5. The average Bonchev–Trinajstić information content (AvgIpc) is 3.67. The number of amides is 2. The summed E-state index contributed by atoms with van der Waals surface area (Å²) < 4.78 is 61.8. The number of nitrogens with zero attached hydrogens (tertiary/aromatic N) is 4. The standard InChI is InChI=1S/C23H38N7O17P3S.C4H9NO3/c1-12(31)51-7-6-25-14(32)4-5-26-21(35)18(34)23(2,3)9-44-50(41,42)47-49(39,40)43-8-13-17(46-48(36,37)38)16(33)22(45-13)30-11-29-15-19(24)27-10-28-20(15)30;1-2(6)3(5)4(7)8/h10-11,13,16-18,22,33-34H,4-9H2,1-3H3,(H,25,32)(H,26,35)(H,39,40)(H,41,42)(H2,24,27,28)(H2,36,37,38);2-3,6H,5H2,1H3,(H,7,8)/t13-,16-,17-,18?,22-;2-,3+/m11/s1. The number of carboxylic acid groups (broad SMARTS) is 1. The number of carboxylic acids is 1. The number of nitrogens with one attached hydrogen (secondary N) is 2. The van der Waals surface area contributed by atoms with Crippen LogP contribution < -0.4 is 22.1 Å². The lowest BCUT2D eigenvalue weighted by Gasteiger charge is -2.30. The average molecular weight is 929 g/mol. The second-order valence-corrected chi connectivity index (χ2v) is 18.5. The number of hydrogen-bond donors (Lipinski definition) is 12. The van der Waals surface area contributed by atoms with E-state index in [-0.39, 0.29) is 41.6 Å². The number of phosphoric ester groups is 3. The molecule has 28 nitrogen and oxygen atoms in total. The zero-order valence-corrected chi connectivity index (χ0v) is 35.1. The molecule has 9 atom stereocenters. The van der Waals surface area contributed by atoms with Crippen LogP contribution in [0.3, 0.4) is 0 Å². The number of fused-ring (bicyclic) bond motifs is 1. The topological polar surface area (TPSA) is 447 Å². The van der Waals surface area contributed by atoms with Crippen molar-refractivity contribution < 1.29 is 95.5 Å². The predicted molar refractivity (Wildman–Crippen MR) is 200 cm³/mol. The molecule has 336 valence electrons. The van der Waals surface area contributed by atoms with E-state index < -0.39 is 103 Å². The first-order valence-corrected chi connectivity index (χ1v) is 22.3. The number of phosphoric acid groups is 3. The van der Waals surface area contributed by atoms with E-state index in [2.05, 4.69) is 34.4 Å². The van der Waals surface area contributed by atoms with Gasteiger partial charge in [-0.1, -0.05) is 25.6 Å². The van der Waals surface area contributed by atoms with Gasteiger partial charge < -0.3 is 66.8 Å². The number of aliphatic hydroxyl groups excluding tert-OH is 3. The number of ether oxygens (including phenoxy) is 1. The summed E-state index contributed by atoms with van der Waals surface area (Å²) in [6, 6.07) is -1.16. The molecule has 0 aromatic carbocycles. The Kier molecular flexibility index (Phi) is 19.6. The zero-order chi connectivity index (χ0) is 45.1.